The van der Waals surface area contributed by atoms with Gasteiger partial charge >= 0.3 is 0 Å². The molecule has 2 rings (SSSR count). The van der Waals surface area contributed by atoms with Crippen LogP contribution in [0.1, 0.15) is 12.5 Å². The number of ether oxygens (including phenoxy) is 1. The van der Waals surface area contributed by atoms with E-state index in [0.717, 1.165) is 17.0 Å². The van der Waals surface area contributed by atoms with Gasteiger partial charge in [0, 0.05) is 37.1 Å². The molecule has 3 nitrogen and oxygen atoms in total. The second-order valence-corrected chi connectivity index (χ2v) is 4.68. The summed E-state index contributed by atoms with van der Waals surface area (Å²) in [6, 6.07) is 12.2. The third kappa shape index (κ3) is 3.63. The normalized spacial score (nSPS) is 10.3. The number of nitrogens with two attached hydrogens (primary N) is 1. The van der Waals surface area contributed by atoms with Gasteiger partial charge in [-0.1, -0.05) is 12.1 Å². The summed E-state index contributed by atoms with van der Waals surface area (Å²) in [6.45, 7) is 3.13. The molecule has 0 fully saturated rings. The summed E-state index contributed by atoms with van der Waals surface area (Å²) in [4.78, 5) is 2.01. The van der Waals surface area contributed by atoms with Gasteiger partial charge in [-0.15, -0.1) is 0 Å². The fourth-order valence-electron chi connectivity index (χ4n) is 2.08. The molecule has 0 spiro atoms. The van der Waals surface area contributed by atoms with Crippen LogP contribution in [-0.4, -0.2) is 13.7 Å². The van der Waals surface area contributed by atoms with E-state index in [9.17, 15) is 4.39 Å². The van der Waals surface area contributed by atoms with Crippen molar-refractivity contribution in [2.75, 3.05) is 24.3 Å². The van der Waals surface area contributed by atoms with Gasteiger partial charge < -0.3 is 15.4 Å². The molecule has 0 atom stereocenters. The molecule has 0 saturated heterocycles. The Morgan fingerprint density at radius 3 is 2.70 bits per heavy atom. The first-order valence-corrected chi connectivity index (χ1v) is 6.57. The molecular weight excluding hydrogens is 255 g/mol. The lowest BCUT2D eigenvalue weighted by atomic mass is 10.2. The Morgan fingerprint density at radius 2 is 2.00 bits per heavy atom. The van der Waals surface area contributed by atoms with Gasteiger partial charge in [0.1, 0.15) is 11.6 Å². The van der Waals surface area contributed by atoms with E-state index in [1.807, 2.05) is 37.1 Å². The van der Waals surface area contributed by atoms with E-state index in [1.165, 1.54) is 12.1 Å². The zero-order valence-electron chi connectivity index (χ0n) is 11.8. The molecule has 0 unspecified atom stereocenters. The van der Waals surface area contributed by atoms with E-state index in [1.54, 1.807) is 12.1 Å². The molecule has 0 aromatic heterocycles. The molecule has 106 valence electrons. The molecule has 0 bridgehead atoms. The highest BCUT2D eigenvalue weighted by molar-refractivity contribution is 5.60. The van der Waals surface area contributed by atoms with E-state index >= 15 is 0 Å². The van der Waals surface area contributed by atoms with Crippen molar-refractivity contribution in [3.63, 3.8) is 0 Å². The Kier molecular flexibility index (Phi) is 4.45. The van der Waals surface area contributed by atoms with E-state index in [4.69, 9.17) is 10.5 Å². The topological polar surface area (TPSA) is 38.5 Å². The number of halogens is 1. The summed E-state index contributed by atoms with van der Waals surface area (Å²) in [5, 5.41) is 0. The van der Waals surface area contributed by atoms with Crippen molar-refractivity contribution in [2.24, 2.45) is 0 Å². The van der Waals surface area contributed by atoms with Gasteiger partial charge in [-0.05, 0) is 30.7 Å². The number of rotatable bonds is 5. The first kappa shape index (κ1) is 14.2. The minimum Gasteiger partial charge on any atom is -0.494 e. The van der Waals surface area contributed by atoms with Crippen LogP contribution in [0.25, 0.3) is 0 Å². The maximum absolute atomic E-state index is 13.2. The SMILES string of the molecule is CCOc1cc(N)cc(N(C)Cc2cccc(F)c2)c1. The molecule has 2 aromatic rings. The minimum absolute atomic E-state index is 0.224. The molecule has 0 heterocycles. The predicted octanol–water partition coefficient (Wildman–Crippen LogP) is 3.44. The third-order valence-corrected chi connectivity index (χ3v) is 2.97. The van der Waals surface area contributed by atoms with Crippen molar-refractivity contribution in [1.82, 2.24) is 0 Å². The molecule has 0 amide bonds. The van der Waals surface area contributed by atoms with Gasteiger partial charge in [-0.25, -0.2) is 4.39 Å². The van der Waals surface area contributed by atoms with Gasteiger partial charge in [0.15, 0.2) is 0 Å². The van der Waals surface area contributed by atoms with Crippen LogP contribution >= 0.6 is 0 Å². The summed E-state index contributed by atoms with van der Waals surface area (Å²) < 4.78 is 18.7. The summed E-state index contributed by atoms with van der Waals surface area (Å²) in [7, 11) is 1.94. The van der Waals surface area contributed by atoms with Crippen molar-refractivity contribution >= 4 is 11.4 Å². The zero-order valence-corrected chi connectivity index (χ0v) is 11.8. The smallest absolute Gasteiger partial charge is 0.123 e. The van der Waals surface area contributed by atoms with Crippen LogP contribution in [0.2, 0.25) is 0 Å². The van der Waals surface area contributed by atoms with Crippen molar-refractivity contribution in [2.45, 2.75) is 13.5 Å². The molecule has 0 radical (unpaired) electrons. The summed E-state index contributed by atoms with van der Waals surface area (Å²) in [5.41, 5.74) is 8.38. The fraction of sp³-hybridized carbons (Fsp3) is 0.250. The van der Waals surface area contributed by atoms with Gasteiger partial charge in [-0.3, -0.25) is 0 Å². The molecule has 2 N–H and O–H groups in total. The third-order valence-electron chi connectivity index (χ3n) is 2.97. The standard InChI is InChI=1S/C16H19FN2O/c1-3-20-16-9-14(18)8-15(10-16)19(2)11-12-5-4-6-13(17)7-12/h4-10H,3,11,18H2,1-2H3. The van der Waals surface area contributed by atoms with Crippen LogP contribution in [0.4, 0.5) is 15.8 Å². The predicted molar refractivity (Wildman–Crippen MR) is 80.5 cm³/mol. The minimum atomic E-state index is -0.224. The Morgan fingerprint density at radius 1 is 1.20 bits per heavy atom. The molecular formula is C16H19FN2O. The number of anilines is 2. The molecule has 4 heteroatoms. The Balaban J connectivity index is 2.18. The number of nitrogens with zero attached hydrogens (tertiary/aromatic N) is 1. The van der Waals surface area contributed by atoms with E-state index < -0.39 is 0 Å². The largest absolute Gasteiger partial charge is 0.494 e. The number of hydrogen-bond acceptors (Lipinski definition) is 3. The lowest BCUT2D eigenvalue weighted by Gasteiger charge is -2.21. The highest BCUT2D eigenvalue weighted by Crippen LogP contribution is 2.26. The maximum Gasteiger partial charge on any atom is 0.123 e. The van der Waals surface area contributed by atoms with E-state index in [-0.39, 0.29) is 5.82 Å². The summed E-state index contributed by atoms with van der Waals surface area (Å²) >= 11 is 0. The Hall–Kier alpha value is -2.23. The number of nitrogen functional groups attached to an aromatic ring is 1. The Bertz CT molecular complexity index is 586. The van der Waals surface area contributed by atoms with Crippen molar-refractivity contribution in [3.8, 4) is 5.75 Å². The zero-order chi connectivity index (χ0) is 14.5. The van der Waals surface area contributed by atoms with Crippen molar-refractivity contribution in [1.29, 1.82) is 0 Å². The summed E-state index contributed by atoms with van der Waals surface area (Å²) in [5.74, 6) is 0.520. The molecule has 0 aliphatic heterocycles. The van der Waals surface area contributed by atoms with Crippen LogP contribution in [0.15, 0.2) is 42.5 Å². The highest BCUT2D eigenvalue weighted by atomic mass is 19.1. The van der Waals surface area contributed by atoms with E-state index in [0.29, 0.717) is 18.8 Å². The molecule has 0 aliphatic carbocycles. The summed E-state index contributed by atoms with van der Waals surface area (Å²) in [6.07, 6.45) is 0. The molecule has 0 saturated carbocycles. The van der Waals surface area contributed by atoms with Crippen LogP contribution in [-0.2, 0) is 6.54 Å². The van der Waals surface area contributed by atoms with Gasteiger partial charge in [0.25, 0.3) is 0 Å². The monoisotopic (exact) mass is 274 g/mol. The van der Waals surface area contributed by atoms with Gasteiger partial charge in [0.05, 0.1) is 6.61 Å². The quantitative estimate of drug-likeness (QED) is 0.849. The molecule has 0 aliphatic rings. The van der Waals surface area contributed by atoms with Crippen LogP contribution < -0.4 is 15.4 Å². The number of hydrogen-bond donors (Lipinski definition) is 1. The van der Waals surface area contributed by atoms with Gasteiger partial charge in [0.2, 0.25) is 0 Å². The van der Waals surface area contributed by atoms with Gasteiger partial charge in [-0.2, -0.15) is 0 Å². The highest BCUT2D eigenvalue weighted by Gasteiger charge is 2.06. The van der Waals surface area contributed by atoms with Crippen LogP contribution in [0.5, 0.6) is 5.75 Å². The van der Waals surface area contributed by atoms with Crippen molar-refractivity contribution in [3.05, 3.63) is 53.8 Å². The first-order chi connectivity index (χ1) is 9.58. The average molecular weight is 274 g/mol. The second kappa shape index (κ2) is 6.28. The molecule has 2 aromatic carbocycles. The fourth-order valence-corrected chi connectivity index (χ4v) is 2.08. The first-order valence-electron chi connectivity index (χ1n) is 6.57. The van der Waals surface area contributed by atoms with E-state index in [2.05, 4.69) is 0 Å². The van der Waals surface area contributed by atoms with Crippen LogP contribution in [0.3, 0.4) is 0 Å². The average Bonchev–Trinajstić information content (AvgIpc) is 2.38. The van der Waals surface area contributed by atoms with Crippen molar-refractivity contribution < 1.29 is 9.13 Å². The van der Waals surface area contributed by atoms with Crippen LogP contribution in [0, 0.1) is 5.82 Å². The number of benzene rings is 2. The second-order valence-electron chi connectivity index (χ2n) is 4.68. The lowest BCUT2D eigenvalue weighted by molar-refractivity contribution is 0.340. The lowest BCUT2D eigenvalue weighted by Crippen LogP contribution is -2.16. The molecule has 20 heavy (non-hydrogen) atoms. The Labute approximate surface area is 118 Å². The maximum atomic E-state index is 13.2.